The van der Waals surface area contributed by atoms with E-state index in [9.17, 15) is 9.59 Å². The van der Waals surface area contributed by atoms with E-state index in [0.29, 0.717) is 23.5 Å². The van der Waals surface area contributed by atoms with Gasteiger partial charge in [-0.1, -0.05) is 79.7 Å². The summed E-state index contributed by atoms with van der Waals surface area (Å²) in [4.78, 5) is 26.7. The Morgan fingerprint density at radius 1 is 0.944 bits per heavy atom. The smallest absolute Gasteiger partial charge is 0.333 e. The number of rotatable bonds is 9. The Labute approximate surface area is 213 Å². The summed E-state index contributed by atoms with van der Waals surface area (Å²) in [7, 11) is 0. The van der Waals surface area contributed by atoms with E-state index in [0.717, 1.165) is 49.2 Å². The highest BCUT2D eigenvalue weighted by atomic mass is 16.5. The second-order valence-corrected chi connectivity index (χ2v) is 10.3. The van der Waals surface area contributed by atoms with E-state index in [2.05, 4.69) is 24.4 Å². The van der Waals surface area contributed by atoms with E-state index in [1.165, 1.54) is 5.56 Å². The molecule has 3 aliphatic heterocycles. The minimum absolute atomic E-state index is 0.167. The number of ketones is 1. The van der Waals surface area contributed by atoms with Gasteiger partial charge in [0.2, 0.25) is 5.78 Å². The van der Waals surface area contributed by atoms with Crippen LogP contribution in [0.25, 0.3) is 0 Å². The van der Waals surface area contributed by atoms with Gasteiger partial charge in [0.15, 0.2) is 12.1 Å². The molecule has 186 valence electrons. The highest BCUT2D eigenvalue weighted by Gasteiger charge is 2.49. The molecule has 0 saturated carbocycles. The zero-order valence-electron chi connectivity index (χ0n) is 20.9. The van der Waals surface area contributed by atoms with Crippen molar-refractivity contribution in [3.63, 3.8) is 0 Å². The Bertz CT molecular complexity index is 1190. The normalized spacial score (nSPS) is 23.6. The summed E-state index contributed by atoms with van der Waals surface area (Å²) < 4.78 is 6.97. The monoisotopic (exact) mass is 483 g/mol. The summed E-state index contributed by atoms with van der Waals surface area (Å²) >= 11 is 0. The Morgan fingerprint density at radius 3 is 2.33 bits per heavy atom. The molecule has 2 atom stereocenters. The SMILES string of the molecule is CCc1cccc(NC(C(=O)O[C@H]2C[N+]3(CC(=O)c4ccccc4)CCC2CC3)c2ccccc2)c1. The number of aryl methyl sites for hydroxylation is 1. The summed E-state index contributed by atoms with van der Waals surface area (Å²) in [5, 5.41) is 3.43. The molecule has 5 heteroatoms. The van der Waals surface area contributed by atoms with Crippen molar-refractivity contribution >= 4 is 17.4 Å². The Balaban J connectivity index is 1.32. The number of nitrogens with zero attached hydrogens (tertiary/aromatic N) is 1. The highest BCUT2D eigenvalue weighted by molar-refractivity contribution is 5.97. The standard InChI is InChI=1S/C31H35N2O3/c1-2-23-10-9-15-27(20-23)32-30(26-13-7-4-8-14-26)31(35)36-29-22-33(18-16-25(29)17-19-33)21-28(34)24-11-5-3-6-12-24/h3-15,20,25,29-30,32H,2,16-19,21-22H2,1H3/q+1/t25?,29-,30?,33?/m0/s1. The van der Waals surface area contributed by atoms with Crippen molar-refractivity contribution in [1.29, 1.82) is 0 Å². The van der Waals surface area contributed by atoms with Gasteiger partial charge in [0.1, 0.15) is 13.1 Å². The van der Waals surface area contributed by atoms with Crippen molar-refractivity contribution in [1.82, 2.24) is 0 Å². The molecule has 0 radical (unpaired) electrons. The molecule has 3 fully saturated rings. The number of quaternary nitrogens is 1. The third-order valence-corrected chi connectivity index (χ3v) is 7.90. The lowest BCUT2D eigenvalue weighted by molar-refractivity contribution is -0.938. The maximum Gasteiger partial charge on any atom is 0.333 e. The van der Waals surface area contributed by atoms with E-state index in [1.807, 2.05) is 72.8 Å². The average Bonchev–Trinajstić information content (AvgIpc) is 2.93. The third-order valence-electron chi connectivity index (χ3n) is 7.90. The molecule has 0 spiro atoms. The first kappa shape index (κ1) is 24.3. The second-order valence-electron chi connectivity index (χ2n) is 10.3. The van der Waals surface area contributed by atoms with Gasteiger partial charge in [-0.25, -0.2) is 4.79 Å². The number of nitrogens with one attached hydrogen (secondary N) is 1. The van der Waals surface area contributed by atoms with Gasteiger partial charge >= 0.3 is 5.97 Å². The van der Waals surface area contributed by atoms with Crippen molar-refractivity contribution in [3.05, 3.63) is 102 Å². The summed E-state index contributed by atoms with van der Waals surface area (Å²) in [5.41, 5.74) is 3.76. The van der Waals surface area contributed by atoms with Gasteiger partial charge in [-0.2, -0.15) is 0 Å². The zero-order chi connectivity index (χ0) is 25.0. The van der Waals surface area contributed by atoms with E-state index in [4.69, 9.17) is 4.74 Å². The number of ether oxygens (including phenoxy) is 1. The molecule has 3 aliphatic rings. The second kappa shape index (κ2) is 10.7. The average molecular weight is 484 g/mol. The summed E-state index contributed by atoms with van der Waals surface area (Å²) in [5.74, 6) is 0.274. The molecule has 1 unspecified atom stereocenters. The number of hydrogen-bond donors (Lipinski definition) is 1. The molecule has 3 aromatic carbocycles. The Hall–Kier alpha value is -3.44. The van der Waals surface area contributed by atoms with Gasteiger partial charge in [-0.3, -0.25) is 4.79 Å². The lowest BCUT2D eigenvalue weighted by Crippen LogP contribution is -2.65. The molecular weight excluding hydrogens is 448 g/mol. The molecule has 0 aliphatic carbocycles. The largest absolute Gasteiger partial charge is 0.454 e. The van der Waals surface area contributed by atoms with Crippen molar-refractivity contribution in [2.45, 2.75) is 38.3 Å². The first-order chi connectivity index (χ1) is 17.5. The van der Waals surface area contributed by atoms with E-state index >= 15 is 0 Å². The van der Waals surface area contributed by atoms with Crippen LogP contribution < -0.4 is 5.32 Å². The maximum absolute atomic E-state index is 13.6. The number of esters is 1. The Morgan fingerprint density at radius 2 is 1.64 bits per heavy atom. The predicted octanol–water partition coefficient (Wildman–Crippen LogP) is 5.44. The fourth-order valence-corrected chi connectivity index (χ4v) is 5.79. The number of piperidine rings is 3. The number of anilines is 1. The molecule has 5 nitrogen and oxygen atoms in total. The number of carbonyl (C=O) groups is 2. The molecule has 0 amide bonds. The van der Waals surface area contributed by atoms with Crippen LogP contribution in [0, 0.1) is 5.92 Å². The van der Waals surface area contributed by atoms with Crippen molar-refractivity contribution in [2.75, 3.05) is 31.5 Å². The van der Waals surface area contributed by atoms with Crippen LogP contribution in [0.5, 0.6) is 0 Å². The van der Waals surface area contributed by atoms with Crippen molar-refractivity contribution in [3.8, 4) is 0 Å². The molecule has 3 saturated heterocycles. The number of fused-ring (bicyclic) bond motifs is 3. The van der Waals surface area contributed by atoms with Crippen LogP contribution in [0.2, 0.25) is 0 Å². The van der Waals surface area contributed by atoms with E-state index in [-0.39, 0.29) is 17.9 Å². The maximum atomic E-state index is 13.6. The number of Topliss-reactive ketones (excluding diaryl/α,β-unsaturated/α-hetero) is 1. The quantitative estimate of drug-likeness (QED) is 0.250. The lowest BCUT2D eigenvalue weighted by Gasteiger charge is -2.51. The van der Waals surface area contributed by atoms with Gasteiger partial charge < -0.3 is 14.5 Å². The fourth-order valence-electron chi connectivity index (χ4n) is 5.79. The van der Waals surface area contributed by atoms with E-state index < -0.39 is 6.04 Å². The van der Waals surface area contributed by atoms with Crippen molar-refractivity contribution in [2.24, 2.45) is 5.92 Å². The van der Waals surface area contributed by atoms with Gasteiger partial charge in [0.05, 0.1) is 13.1 Å². The minimum atomic E-state index is -0.590. The van der Waals surface area contributed by atoms with Crippen LogP contribution in [0.4, 0.5) is 5.69 Å². The van der Waals surface area contributed by atoms with Crippen LogP contribution in [0.1, 0.15) is 47.3 Å². The number of benzene rings is 3. The molecule has 6 rings (SSSR count). The first-order valence-electron chi connectivity index (χ1n) is 13.1. The van der Waals surface area contributed by atoms with Crippen LogP contribution in [-0.4, -0.2) is 48.5 Å². The predicted molar refractivity (Wildman–Crippen MR) is 142 cm³/mol. The first-order valence-corrected chi connectivity index (χ1v) is 13.1. The van der Waals surface area contributed by atoms with Gasteiger partial charge in [-0.05, 0) is 29.7 Å². The summed E-state index contributed by atoms with van der Waals surface area (Å²) in [6.45, 7) is 5.25. The van der Waals surface area contributed by atoms with Crippen LogP contribution in [0.15, 0.2) is 84.9 Å². The molecule has 2 bridgehead atoms. The zero-order valence-corrected chi connectivity index (χ0v) is 20.9. The van der Waals surface area contributed by atoms with Crippen LogP contribution in [0.3, 0.4) is 0 Å². The molecule has 3 aromatic rings. The van der Waals surface area contributed by atoms with Crippen LogP contribution in [-0.2, 0) is 16.0 Å². The highest BCUT2D eigenvalue weighted by Crippen LogP contribution is 2.36. The minimum Gasteiger partial charge on any atom is -0.454 e. The summed E-state index contributed by atoms with van der Waals surface area (Å²) in [6, 6.07) is 26.9. The molecule has 1 N–H and O–H groups in total. The van der Waals surface area contributed by atoms with E-state index in [1.54, 1.807) is 0 Å². The van der Waals surface area contributed by atoms with Crippen LogP contribution >= 0.6 is 0 Å². The number of hydrogen-bond acceptors (Lipinski definition) is 4. The molecular formula is C31H35N2O3+. The van der Waals surface area contributed by atoms with Gasteiger partial charge in [0.25, 0.3) is 0 Å². The fraction of sp³-hybridized carbons (Fsp3) is 0.355. The van der Waals surface area contributed by atoms with Gasteiger partial charge in [-0.15, -0.1) is 0 Å². The van der Waals surface area contributed by atoms with Crippen molar-refractivity contribution < 1.29 is 18.8 Å². The van der Waals surface area contributed by atoms with Gasteiger partial charge in [0, 0.05) is 30.0 Å². The number of carbonyl (C=O) groups excluding carboxylic acids is 2. The molecule has 0 aromatic heterocycles. The summed E-state index contributed by atoms with van der Waals surface area (Å²) in [6.07, 6.45) is 2.74. The third kappa shape index (κ3) is 5.36. The lowest BCUT2D eigenvalue weighted by atomic mass is 9.82. The Kier molecular flexibility index (Phi) is 7.19. The molecule has 36 heavy (non-hydrogen) atoms. The molecule has 3 heterocycles. The topological polar surface area (TPSA) is 55.4 Å².